The summed E-state index contributed by atoms with van der Waals surface area (Å²) in [6.07, 6.45) is 4.41. The first kappa shape index (κ1) is 15.6. The van der Waals surface area contributed by atoms with Crippen molar-refractivity contribution in [1.29, 1.82) is 5.26 Å². The van der Waals surface area contributed by atoms with Crippen LogP contribution in [0.25, 0.3) is 0 Å². The molecule has 1 aromatic heterocycles. The van der Waals surface area contributed by atoms with E-state index in [2.05, 4.69) is 16.3 Å². The summed E-state index contributed by atoms with van der Waals surface area (Å²) in [6.45, 7) is 6.82. The van der Waals surface area contributed by atoms with Crippen LogP contribution < -0.4 is 10.9 Å². The fourth-order valence-electron chi connectivity index (χ4n) is 2.85. The Bertz CT molecular complexity index is 550. The topological polar surface area (TPSA) is 61.1 Å². The van der Waals surface area contributed by atoms with E-state index >= 15 is 0 Å². The lowest BCUT2D eigenvalue weighted by molar-refractivity contribution is 0.188. The molecule has 0 aromatic carbocycles. The summed E-state index contributed by atoms with van der Waals surface area (Å²) < 4.78 is 1.87. The first-order valence-corrected chi connectivity index (χ1v) is 7.69. The monoisotopic (exact) mass is 288 g/mol. The summed E-state index contributed by atoms with van der Waals surface area (Å²) in [5.41, 5.74) is 0.751. The molecule has 1 N–H and O–H groups in total. The lowest BCUT2D eigenvalue weighted by atomic mass is 10.0. The zero-order valence-electron chi connectivity index (χ0n) is 12.9. The van der Waals surface area contributed by atoms with Crippen molar-refractivity contribution in [3.05, 3.63) is 28.7 Å². The minimum absolute atomic E-state index is 0.0710. The van der Waals surface area contributed by atoms with Crippen LogP contribution in [-0.4, -0.2) is 35.1 Å². The predicted octanol–water partition coefficient (Wildman–Crippen LogP) is 2.22. The van der Waals surface area contributed by atoms with Gasteiger partial charge in [0.2, 0.25) is 0 Å². The molecule has 114 valence electrons. The summed E-state index contributed by atoms with van der Waals surface area (Å²) in [6, 6.07) is 6.49. The third kappa shape index (κ3) is 4.08. The lowest BCUT2D eigenvalue weighted by Crippen LogP contribution is -2.38. The molecule has 2 heterocycles. The summed E-state index contributed by atoms with van der Waals surface area (Å²) in [4.78, 5) is 14.8. The van der Waals surface area contributed by atoms with Crippen LogP contribution in [-0.2, 0) is 0 Å². The van der Waals surface area contributed by atoms with E-state index in [4.69, 9.17) is 5.26 Å². The molecule has 5 nitrogen and oxygen atoms in total. The minimum atomic E-state index is 0.0710. The Morgan fingerprint density at radius 2 is 2.14 bits per heavy atom. The Morgan fingerprint density at radius 1 is 1.43 bits per heavy atom. The first-order chi connectivity index (χ1) is 10.1. The molecular weight excluding hydrogens is 264 g/mol. The van der Waals surface area contributed by atoms with Gasteiger partial charge in [0.25, 0.3) is 5.56 Å². The van der Waals surface area contributed by atoms with Gasteiger partial charge >= 0.3 is 0 Å². The van der Waals surface area contributed by atoms with E-state index in [0.29, 0.717) is 12.1 Å². The summed E-state index contributed by atoms with van der Waals surface area (Å²) >= 11 is 0. The average molecular weight is 288 g/mol. The smallest absolute Gasteiger partial charge is 0.274 e. The molecule has 1 aromatic rings. The van der Waals surface area contributed by atoms with Crippen molar-refractivity contribution in [2.75, 3.05) is 25.0 Å². The van der Waals surface area contributed by atoms with E-state index in [-0.39, 0.29) is 17.6 Å². The third-order valence-corrected chi connectivity index (χ3v) is 3.91. The maximum absolute atomic E-state index is 12.5. The molecule has 0 spiro atoms. The number of nitrogens with zero attached hydrogens (tertiary/aromatic N) is 3. The number of piperidine rings is 1. The van der Waals surface area contributed by atoms with Gasteiger partial charge in [-0.05, 0) is 38.8 Å². The second-order valence-corrected chi connectivity index (χ2v) is 5.91. The summed E-state index contributed by atoms with van der Waals surface area (Å²) in [7, 11) is 0. The highest BCUT2D eigenvalue weighted by Crippen LogP contribution is 2.21. The van der Waals surface area contributed by atoms with Crippen molar-refractivity contribution in [2.45, 2.75) is 45.2 Å². The van der Waals surface area contributed by atoms with Crippen LogP contribution in [0.2, 0.25) is 0 Å². The van der Waals surface area contributed by atoms with Crippen molar-refractivity contribution < 1.29 is 0 Å². The molecule has 1 fully saturated rings. The number of aromatic nitrogens is 1. The van der Waals surface area contributed by atoms with Crippen LogP contribution >= 0.6 is 0 Å². The molecule has 0 aliphatic carbocycles. The third-order valence-electron chi connectivity index (χ3n) is 3.91. The number of rotatable bonds is 5. The maximum Gasteiger partial charge on any atom is 0.274 e. The van der Waals surface area contributed by atoms with Crippen molar-refractivity contribution in [2.24, 2.45) is 0 Å². The number of anilines is 1. The lowest BCUT2D eigenvalue weighted by Gasteiger charge is -2.32. The normalized spacial score (nSPS) is 16.9. The molecule has 0 unspecified atom stereocenters. The zero-order chi connectivity index (χ0) is 15.2. The quantitative estimate of drug-likeness (QED) is 0.902. The van der Waals surface area contributed by atoms with Gasteiger partial charge in [-0.1, -0.05) is 0 Å². The van der Waals surface area contributed by atoms with Gasteiger partial charge in [-0.2, -0.15) is 5.26 Å². The SMILES string of the molecule is CC(C)Nc1cccn(C2CCN(CCC#N)CC2)c1=O. The van der Waals surface area contributed by atoms with Gasteiger partial charge in [-0.15, -0.1) is 0 Å². The van der Waals surface area contributed by atoms with Gasteiger partial charge in [-0.3, -0.25) is 4.79 Å². The molecule has 1 saturated heterocycles. The molecule has 0 radical (unpaired) electrons. The molecule has 5 heteroatoms. The second kappa shape index (κ2) is 7.28. The molecule has 1 aliphatic heterocycles. The predicted molar refractivity (Wildman–Crippen MR) is 84.4 cm³/mol. The molecule has 0 saturated carbocycles. The fraction of sp³-hybridized carbons (Fsp3) is 0.625. The molecule has 1 aliphatic rings. The number of hydrogen-bond donors (Lipinski definition) is 1. The molecule has 0 bridgehead atoms. The highest BCUT2D eigenvalue weighted by molar-refractivity contribution is 5.41. The van der Waals surface area contributed by atoms with Crippen LogP contribution in [0.3, 0.4) is 0 Å². The van der Waals surface area contributed by atoms with Gasteiger partial charge in [0.05, 0.1) is 6.07 Å². The van der Waals surface area contributed by atoms with Crippen LogP contribution in [0.15, 0.2) is 23.1 Å². The second-order valence-electron chi connectivity index (χ2n) is 5.91. The Hall–Kier alpha value is -1.80. The van der Waals surface area contributed by atoms with Crippen molar-refractivity contribution in [1.82, 2.24) is 9.47 Å². The largest absolute Gasteiger partial charge is 0.378 e. The number of pyridine rings is 1. The average Bonchev–Trinajstić information content (AvgIpc) is 2.47. The Morgan fingerprint density at radius 3 is 2.76 bits per heavy atom. The van der Waals surface area contributed by atoms with E-state index in [1.165, 1.54) is 0 Å². The van der Waals surface area contributed by atoms with Crippen molar-refractivity contribution in [3.63, 3.8) is 0 Å². The van der Waals surface area contributed by atoms with Crippen LogP contribution in [0.4, 0.5) is 5.69 Å². The number of nitrogens with one attached hydrogen (secondary N) is 1. The Kier molecular flexibility index (Phi) is 5.40. The molecule has 0 amide bonds. The van der Waals surface area contributed by atoms with E-state index in [0.717, 1.165) is 32.5 Å². The Labute approximate surface area is 126 Å². The van der Waals surface area contributed by atoms with E-state index in [9.17, 15) is 4.79 Å². The molecule has 0 atom stereocenters. The first-order valence-electron chi connectivity index (χ1n) is 7.69. The van der Waals surface area contributed by atoms with Gasteiger partial charge in [0, 0.05) is 44.3 Å². The van der Waals surface area contributed by atoms with Crippen LogP contribution in [0.5, 0.6) is 0 Å². The van der Waals surface area contributed by atoms with Crippen molar-refractivity contribution in [3.8, 4) is 6.07 Å². The van der Waals surface area contributed by atoms with Crippen LogP contribution in [0, 0.1) is 11.3 Å². The van der Waals surface area contributed by atoms with E-state index in [1.54, 1.807) is 0 Å². The van der Waals surface area contributed by atoms with E-state index < -0.39 is 0 Å². The molecular formula is C16H24N4O. The number of likely N-dealkylation sites (tertiary alicyclic amines) is 1. The number of hydrogen-bond acceptors (Lipinski definition) is 4. The number of nitriles is 1. The van der Waals surface area contributed by atoms with Gasteiger partial charge in [0.15, 0.2) is 0 Å². The van der Waals surface area contributed by atoms with Gasteiger partial charge in [0.1, 0.15) is 5.69 Å². The van der Waals surface area contributed by atoms with E-state index in [1.807, 2.05) is 36.7 Å². The van der Waals surface area contributed by atoms with Crippen molar-refractivity contribution >= 4 is 5.69 Å². The summed E-state index contributed by atoms with van der Waals surface area (Å²) in [5, 5.41) is 11.8. The highest BCUT2D eigenvalue weighted by Gasteiger charge is 2.21. The molecule has 2 rings (SSSR count). The molecule has 21 heavy (non-hydrogen) atoms. The standard InChI is InChI=1S/C16H24N4O/c1-13(2)18-15-5-3-10-20(16(15)21)14-6-11-19(12-7-14)9-4-8-17/h3,5,10,13-14,18H,4,6-7,9,11-12H2,1-2H3. The van der Waals surface area contributed by atoms with Gasteiger partial charge < -0.3 is 14.8 Å². The van der Waals surface area contributed by atoms with Gasteiger partial charge in [-0.25, -0.2) is 0 Å². The maximum atomic E-state index is 12.5. The highest BCUT2D eigenvalue weighted by atomic mass is 16.1. The fourth-order valence-corrected chi connectivity index (χ4v) is 2.85. The summed E-state index contributed by atoms with van der Waals surface area (Å²) in [5.74, 6) is 0. The minimum Gasteiger partial charge on any atom is -0.378 e. The van der Waals surface area contributed by atoms with Crippen LogP contribution in [0.1, 0.15) is 39.2 Å². The Balaban J connectivity index is 2.04. The zero-order valence-corrected chi connectivity index (χ0v) is 12.9.